The van der Waals surface area contributed by atoms with E-state index in [-0.39, 0.29) is 18.0 Å². The maximum atomic E-state index is 8.07. The van der Waals surface area contributed by atoms with Gasteiger partial charge in [0.15, 0.2) is 0 Å². The van der Waals surface area contributed by atoms with Crippen LogP contribution in [0.3, 0.4) is 0 Å². The minimum absolute atomic E-state index is 0. The van der Waals surface area contributed by atoms with Crippen LogP contribution < -0.4 is 22.5 Å². The Kier molecular flexibility index (Phi) is 18.0. The van der Waals surface area contributed by atoms with Crippen LogP contribution in [0.15, 0.2) is 73.1 Å². The molecule has 0 aliphatic heterocycles. The summed E-state index contributed by atoms with van der Waals surface area (Å²) < 4.78 is 0. The van der Waals surface area contributed by atoms with Crippen molar-refractivity contribution in [2.45, 2.75) is 27.2 Å². The Labute approximate surface area is 233 Å². The molecule has 2 aromatic heterocycles. The van der Waals surface area contributed by atoms with Crippen molar-refractivity contribution in [3.05, 3.63) is 88.8 Å². The Balaban J connectivity index is 0.000000505. The van der Waals surface area contributed by atoms with Crippen molar-refractivity contribution in [3.63, 3.8) is 0 Å². The number of unbranched alkanes of at least 4 members (excludes halogenated alkanes) is 1. The fourth-order valence-corrected chi connectivity index (χ4v) is 2.61. The van der Waals surface area contributed by atoms with E-state index in [0.717, 1.165) is 18.5 Å². The van der Waals surface area contributed by atoms with Gasteiger partial charge in [-0.15, -0.1) is 0 Å². The van der Waals surface area contributed by atoms with Crippen molar-refractivity contribution in [2.24, 2.45) is 0 Å². The van der Waals surface area contributed by atoms with E-state index in [2.05, 4.69) is 32.2 Å². The van der Waals surface area contributed by atoms with Gasteiger partial charge in [0.25, 0.3) is 0 Å². The number of para-hydroxylation sites is 4. The van der Waals surface area contributed by atoms with E-state index in [9.17, 15) is 0 Å². The average Bonchev–Trinajstić information content (AvgIpc) is 2.84. The fourth-order valence-electron chi connectivity index (χ4n) is 2.14. The molecule has 0 bridgehead atoms. The molecule has 2 aromatic carbocycles. The first-order valence-electron chi connectivity index (χ1n) is 10.7. The number of rotatable bonds is 4. The molecule has 2 heterocycles. The van der Waals surface area contributed by atoms with E-state index >= 15 is 0 Å². The summed E-state index contributed by atoms with van der Waals surface area (Å²) >= 11 is 16.4. The van der Waals surface area contributed by atoms with Gasteiger partial charge < -0.3 is 27.6 Å². The maximum absolute atomic E-state index is 8.07. The van der Waals surface area contributed by atoms with Crippen molar-refractivity contribution in [1.29, 1.82) is 0 Å². The topological polar surface area (TPSA) is 162 Å². The van der Waals surface area contributed by atoms with E-state index < -0.39 is 0 Å². The number of aromatic nitrogens is 4. The molecule has 0 radical (unpaired) electrons. The highest BCUT2D eigenvalue weighted by atomic mass is 35.5. The normalized spacial score (nSPS) is 9.11. The number of halogens is 3. The van der Waals surface area contributed by atoms with Crippen LogP contribution in [0.4, 0.5) is 28.6 Å². The van der Waals surface area contributed by atoms with Crippen LogP contribution in [0.25, 0.3) is 0 Å². The number of nitrogens with one attached hydrogen (secondary N) is 1. The zero-order chi connectivity index (χ0) is 26.8. The quantitative estimate of drug-likeness (QED) is 0.105. The molecule has 8 N–H and O–H groups in total. The maximum Gasteiger partial charge on any atom is 0.224 e. The fraction of sp³-hybridized carbons (Fsp3) is 0.200. The Morgan fingerprint density at radius 2 is 1.27 bits per heavy atom. The summed E-state index contributed by atoms with van der Waals surface area (Å²) in [6.07, 6.45) is 5.12. The highest BCUT2D eigenvalue weighted by Crippen LogP contribution is 2.21. The monoisotopic (exact) mass is 566 g/mol. The minimum Gasteiger partial charge on any atom is -0.397 e. The molecule has 0 amide bonds. The molecule has 4 rings (SSSR count). The van der Waals surface area contributed by atoms with Crippen LogP contribution in [0, 0.1) is 0 Å². The van der Waals surface area contributed by atoms with Crippen molar-refractivity contribution in [2.75, 3.05) is 29.1 Å². The highest BCUT2D eigenvalue weighted by molar-refractivity contribution is 6.31. The molecule has 200 valence electrons. The molecular weight excluding hydrogens is 535 g/mol. The van der Waals surface area contributed by atoms with Gasteiger partial charge in [0.1, 0.15) is 11.0 Å². The molecule has 0 spiro atoms. The molecule has 0 aliphatic carbocycles. The summed E-state index contributed by atoms with van der Waals surface area (Å²) in [4.78, 5) is 15.0. The van der Waals surface area contributed by atoms with Crippen LogP contribution in [0.1, 0.15) is 27.2 Å². The second-order valence-electron chi connectivity index (χ2n) is 6.78. The molecule has 0 aliphatic rings. The van der Waals surface area contributed by atoms with Gasteiger partial charge in [-0.1, -0.05) is 56.6 Å². The van der Waals surface area contributed by atoms with Gasteiger partial charge in [-0.2, -0.15) is 0 Å². The first kappa shape index (κ1) is 33.6. The van der Waals surface area contributed by atoms with Crippen molar-refractivity contribution < 1.29 is 5.11 Å². The van der Waals surface area contributed by atoms with E-state index in [1.807, 2.05) is 36.4 Å². The number of nitrogens with zero attached hydrogens (tertiary/aromatic N) is 4. The zero-order valence-corrected chi connectivity index (χ0v) is 21.9. The van der Waals surface area contributed by atoms with Gasteiger partial charge in [0, 0.05) is 19.0 Å². The zero-order valence-electron chi connectivity index (χ0n) is 19.7. The third-order valence-electron chi connectivity index (χ3n) is 3.95. The summed E-state index contributed by atoms with van der Waals surface area (Å²) in [6.45, 7) is 2.40. The third-order valence-corrected chi connectivity index (χ3v) is 4.52. The first-order chi connectivity index (χ1) is 17.3. The number of benzene rings is 2. The summed E-state index contributed by atoms with van der Waals surface area (Å²) in [7, 11) is 0. The number of nitrogen functional groups attached to an aromatic ring is 3. The summed E-state index contributed by atoms with van der Waals surface area (Å²) in [5.74, 6) is 0.618. The van der Waals surface area contributed by atoms with Crippen LogP contribution in [-0.2, 0) is 0 Å². The SMILES string of the molecule is C.CCCCO.Clc1ccnc(Cl)n1.Nc1ccccc1N.Nc1ccccc1Nc1ccnc(Cl)n1. The second kappa shape index (κ2) is 19.8. The molecule has 0 fully saturated rings. The number of nitrogens with two attached hydrogens (primary N) is 3. The summed E-state index contributed by atoms with van der Waals surface area (Å²) in [5.41, 5.74) is 19.3. The molecule has 12 heteroatoms. The van der Waals surface area contributed by atoms with Crippen molar-refractivity contribution >= 4 is 63.4 Å². The number of hydrogen-bond acceptors (Lipinski definition) is 9. The molecular formula is C25H33Cl3N8O. The van der Waals surface area contributed by atoms with Crippen molar-refractivity contribution in [3.8, 4) is 0 Å². The molecule has 0 saturated carbocycles. The second-order valence-corrected chi connectivity index (χ2v) is 7.84. The molecule has 4 aromatic rings. The standard InChI is InChI=1S/C10H9ClN4.C6H8N2.C4H2Cl2N2.C4H10O.CH4/c11-10-13-6-5-9(15-10)14-8-4-2-1-3-7(8)12;7-5-3-1-2-4-6(5)8;5-3-1-2-7-4(6)8-3;1-2-3-4-5;/h1-6H,12H2,(H,13,14,15);1-4H,7-8H2;1-2H;5H,2-4H2,1H3;1H4. The summed E-state index contributed by atoms with van der Waals surface area (Å²) in [5, 5.41) is 11.9. The Hall–Kier alpha value is -3.37. The first-order valence-corrected chi connectivity index (χ1v) is 11.8. The van der Waals surface area contributed by atoms with Crippen LogP contribution in [-0.4, -0.2) is 31.6 Å². The highest BCUT2D eigenvalue weighted by Gasteiger charge is 2.00. The van der Waals surface area contributed by atoms with E-state index in [4.69, 9.17) is 57.1 Å². The van der Waals surface area contributed by atoms with Gasteiger partial charge in [-0.3, -0.25) is 0 Å². The summed E-state index contributed by atoms with van der Waals surface area (Å²) in [6, 6.07) is 18.0. The molecule has 0 saturated heterocycles. The lowest BCUT2D eigenvalue weighted by Gasteiger charge is -2.07. The van der Waals surface area contributed by atoms with Crippen LogP contribution in [0.5, 0.6) is 0 Å². The molecule has 0 unspecified atom stereocenters. The largest absolute Gasteiger partial charge is 0.397 e. The lowest BCUT2D eigenvalue weighted by atomic mass is 10.3. The average molecular weight is 568 g/mol. The van der Waals surface area contributed by atoms with Gasteiger partial charge in [0.2, 0.25) is 10.6 Å². The van der Waals surface area contributed by atoms with Gasteiger partial charge in [-0.05, 0) is 66.0 Å². The van der Waals surface area contributed by atoms with Crippen LogP contribution >= 0.6 is 34.8 Å². The number of aliphatic hydroxyl groups excluding tert-OH is 1. The number of anilines is 5. The van der Waals surface area contributed by atoms with Crippen molar-refractivity contribution in [1.82, 2.24) is 19.9 Å². The Morgan fingerprint density at radius 1 is 0.757 bits per heavy atom. The molecule has 37 heavy (non-hydrogen) atoms. The van der Waals surface area contributed by atoms with Gasteiger partial charge >= 0.3 is 0 Å². The molecule has 0 atom stereocenters. The van der Waals surface area contributed by atoms with Crippen LogP contribution in [0.2, 0.25) is 15.7 Å². The lowest BCUT2D eigenvalue weighted by molar-refractivity contribution is 0.287. The number of aliphatic hydroxyl groups is 1. The van der Waals surface area contributed by atoms with E-state index in [1.165, 1.54) is 6.20 Å². The smallest absolute Gasteiger partial charge is 0.224 e. The van der Waals surface area contributed by atoms with Gasteiger partial charge in [0.05, 0.1) is 22.7 Å². The lowest BCUT2D eigenvalue weighted by Crippen LogP contribution is -1.98. The third kappa shape index (κ3) is 15.4. The van der Waals surface area contributed by atoms with Gasteiger partial charge in [-0.25, -0.2) is 19.9 Å². The predicted octanol–water partition coefficient (Wildman–Crippen LogP) is 6.51. The predicted molar refractivity (Wildman–Crippen MR) is 157 cm³/mol. The number of hydrogen-bond donors (Lipinski definition) is 5. The minimum atomic E-state index is 0. The van der Waals surface area contributed by atoms with E-state index in [0.29, 0.717) is 34.6 Å². The van der Waals surface area contributed by atoms with E-state index in [1.54, 1.807) is 30.5 Å². The molecule has 9 nitrogen and oxygen atoms in total. The Morgan fingerprint density at radius 3 is 1.65 bits per heavy atom. The Bertz CT molecular complexity index is 1130.